The maximum atomic E-state index is 13.3. The van der Waals surface area contributed by atoms with E-state index in [2.05, 4.69) is 29.0 Å². The summed E-state index contributed by atoms with van der Waals surface area (Å²) in [6.07, 6.45) is 8.82. The van der Waals surface area contributed by atoms with Gasteiger partial charge in [0.15, 0.2) is 0 Å². The van der Waals surface area contributed by atoms with Gasteiger partial charge in [0.25, 0.3) is 5.69 Å². The molecule has 1 aliphatic heterocycles. The molecule has 1 amide bonds. The Balaban J connectivity index is 1.20. The van der Waals surface area contributed by atoms with Crippen molar-refractivity contribution in [2.24, 2.45) is 29.1 Å². The van der Waals surface area contributed by atoms with Crippen molar-refractivity contribution < 1.29 is 9.72 Å². The first-order valence-corrected chi connectivity index (χ1v) is 12.9. The number of piperazine rings is 1. The van der Waals surface area contributed by atoms with E-state index in [1.54, 1.807) is 6.07 Å². The van der Waals surface area contributed by atoms with Gasteiger partial charge in [-0.15, -0.1) is 0 Å². The number of carbonyl (C=O) groups is 1. The minimum absolute atomic E-state index is 0.115. The first kappa shape index (κ1) is 22.5. The monoisotopic (exact) mass is 454 g/mol. The Hall–Kier alpha value is -2.31. The van der Waals surface area contributed by atoms with Crippen LogP contribution in [0.4, 0.5) is 17.1 Å². The summed E-state index contributed by atoms with van der Waals surface area (Å²) >= 11 is 0. The van der Waals surface area contributed by atoms with Gasteiger partial charge in [-0.2, -0.15) is 0 Å². The van der Waals surface area contributed by atoms with E-state index in [-0.39, 0.29) is 16.0 Å². The molecule has 1 aromatic carbocycles. The van der Waals surface area contributed by atoms with E-state index in [0.29, 0.717) is 24.1 Å². The van der Waals surface area contributed by atoms with E-state index < -0.39 is 0 Å². The third kappa shape index (κ3) is 4.69. The van der Waals surface area contributed by atoms with Crippen LogP contribution in [-0.4, -0.2) is 48.5 Å². The van der Waals surface area contributed by atoms with Crippen molar-refractivity contribution in [3.63, 3.8) is 0 Å². The SMILES string of the molecule is CC(C)CNc1cc(N2CCN(C(=O)CC34CC5CC(CC(C5)C3)C4)CC2)ccc1[N+](=O)[O-]. The van der Waals surface area contributed by atoms with Crippen molar-refractivity contribution in [3.8, 4) is 0 Å². The summed E-state index contributed by atoms with van der Waals surface area (Å²) < 4.78 is 0. The third-order valence-electron chi connectivity index (χ3n) is 8.57. The molecule has 1 aromatic rings. The Kier molecular flexibility index (Phi) is 6.00. The van der Waals surface area contributed by atoms with E-state index in [0.717, 1.165) is 56.0 Å². The van der Waals surface area contributed by atoms with Crippen molar-refractivity contribution >= 4 is 23.0 Å². The maximum absolute atomic E-state index is 13.3. The van der Waals surface area contributed by atoms with E-state index in [4.69, 9.17) is 0 Å². The highest BCUT2D eigenvalue weighted by Crippen LogP contribution is 2.61. The first-order chi connectivity index (χ1) is 15.8. The molecule has 4 bridgehead atoms. The van der Waals surface area contributed by atoms with Gasteiger partial charge in [0.05, 0.1) is 4.92 Å². The fourth-order valence-electron chi connectivity index (χ4n) is 7.49. The molecule has 0 unspecified atom stereocenters. The summed E-state index contributed by atoms with van der Waals surface area (Å²) in [5, 5.41) is 14.7. The highest BCUT2D eigenvalue weighted by molar-refractivity contribution is 5.77. The van der Waals surface area contributed by atoms with Crippen LogP contribution < -0.4 is 10.2 Å². The lowest BCUT2D eigenvalue weighted by molar-refractivity contribution is -0.383. The number of nitrogens with one attached hydrogen (secondary N) is 1. The Morgan fingerprint density at radius 2 is 1.70 bits per heavy atom. The Labute approximate surface area is 197 Å². The zero-order valence-electron chi connectivity index (χ0n) is 20.1. The van der Waals surface area contributed by atoms with E-state index in [9.17, 15) is 14.9 Å². The van der Waals surface area contributed by atoms with Crippen LogP contribution >= 0.6 is 0 Å². The predicted octanol–water partition coefficient (Wildman–Crippen LogP) is 4.92. The average molecular weight is 455 g/mol. The lowest BCUT2D eigenvalue weighted by Crippen LogP contribution is -2.52. The van der Waals surface area contributed by atoms with Crippen LogP contribution in [0, 0.1) is 39.2 Å². The van der Waals surface area contributed by atoms with Gasteiger partial charge in [0, 0.05) is 50.9 Å². The number of benzene rings is 1. The Morgan fingerprint density at radius 1 is 1.09 bits per heavy atom. The number of nitrogens with zero attached hydrogens (tertiary/aromatic N) is 3. The molecule has 180 valence electrons. The fourth-order valence-corrected chi connectivity index (χ4v) is 7.49. The molecule has 1 N–H and O–H groups in total. The van der Waals surface area contributed by atoms with Crippen LogP contribution in [-0.2, 0) is 4.79 Å². The number of nitro benzene ring substituents is 1. The molecular weight excluding hydrogens is 416 g/mol. The molecular formula is C26H38N4O3. The smallest absolute Gasteiger partial charge is 0.292 e. The van der Waals surface area contributed by atoms with Crippen LogP contribution in [0.5, 0.6) is 0 Å². The average Bonchev–Trinajstić information content (AvgIpc) is 2.76. The Bertz CT molecular complexity index is 872. The van der Waals surface area contributed by atoms with Gasteiger partial charge in [0.2, 0.25) is 5.91 Å². The molecule has 7 nitrogen and oxygen atoms in total. The molecule has 0 spiro atoms. The number of rotatable bonds is 7. The maximum Gasteiger partial charge on any atom is 0.292 e. The van der Waals surface area contributed by atoms with Crippen LogP contribution in [0.2, 0.25) is 0 Å². The lowest BCUT2D eigenvalue weighted by Gasteiger charge is -2.57. The lowest BCUT2D eigenvalue weighted by atomic mass is 9.49. The molecule has 4 saturated carbocycles. The highest BCUT2D eigenvalue weighted by atomic mass is 16.6. The zero-order valence-corrected chi connectivity index (χ0v) is 20.1. The number of nitro groups is 1. The molecule has 1 heterocycles. The molecule has 6 rings (SSSR count). The molecule has 1 saturated heterocycles. The van der Waals surface area contributed by atoms with E-state index >= 15 is 0 Å². The highest BCUT2D eigenvalue weighted by Gasteiger charge is 2.51. The van der Waals surface area contributed by atoms with Crippen LogP contribution in [0.3, 0.4) is 0 Å². The molecule has 7 heteroatoms. The summed E-state index contributed by atoms with van der Waals surface area (Å²) in [6, 6.07) is 5.33. The zero-order chi connectivity index (χ0) is 23.2. The number of hydrogen-bond acceptors (Lipinski definition) is 5. The van der Waals surface area contributed by atoms with Crippen molar-refractivity contribution in [1.29, 1.82) is 0 Å². The second kappa shape index (κ2) is 8.80. The van der Waals surface area contributed by atoms with Gasteiger partial charge in [-0.1, -0.05) is 13.8 Å². The molecule has 0 radical (unpaired) electrons. The summed E-state index contributed by atoms with van der Waals surface area (Å²) in [4.78, 5) is 28.7. The molecule has 0 aromatic heterocycles. The number of carbonyl (C=O) groups excluding carboxylic acids is 1. The fraction of sp³-hybridized carbons (Fsp3) is 0.731. The van der Waals surface area contributed by atoms with E-state index in [1.165, 1.54) is 38.5 Å². The van der Waals surface area contributed by atoms with Crippen molar-refractivity contribution in [2.45, 2.75) is 58.8 Å². The number of amides is 1. The minimum Gasteiger partial charge on any atom is -0.379 e. The van der Waals surface area contributed by atoms with Crippen LogP contribution in [0.1, 0.15) is 58.8 Å². The third-order valence-corrected chi connectivity index (χ3v) is 8.57. The second-order valence-corrected chi connectivity index (χ2v) is 11.7. The van der Waals surface area contributed by atoms with Crippen LogP contribution in [0.15, 0.2) is 18.2 Å². The quantitative estimate of drug-likeness (QED) is 0.467. The van der Waals surface area contributed by atoms with Gasteiger partial charge < -0.3 is 15.1 Å². The minimum atomic E-state index is -0.326. The normalized spacial score (nSPS) is 30.7. The summed E-state index contributed by atoms with van der Waals surface area (Å²) in [7, 11) is 0. The van der Waals surface area contributed by atoms with Crippen molar-refractivity contribution in [3.05, 3.63) is 28.3 Å². The predicted molar refractivity (Wildman–Crippen MR) is 130 cm³/mol. The molecule has 33 heavy (non-hydrogen) atoms. The van der Waals surface area contributed by atoms with Crippen molar-refractivity contribution in [2.75, 3.05) is 42.9 Å². The van der Waals surface area contributed by atoms with Gasteiger partial charge in [0.1, 0.15) is 5.69 Å². The first-order valence-electron chi connectivity index (χ1n) is 12.9. The molecule has 4 aliphatic carbocycles. The molecule has 0 atom stereocenters. The number of anilines is 2. The van der Waals surface area contributed by atoms with Gasteiger partial charge in [-0.3, -0.25) is 14.9 Å². The second-order valence-electron chi connectivity index (χ2n) is 11.7. The van der Waals surface area contributed by atoms with Crippen LogP contribution in [0.25, 0.3) is 0 Å². The number of hydrogen-bond donors (Lipinski definition) is 1. The molecule has 5 fully saturated rings. The standard InChI is InChI=1S/C26H38N4O3/c1-18(2)17-27-23-12-22(3-4-24(23)30(32)33)28-5-7-29(8-6-28)25(31)16-26-13-19-9-20(14-26)11-21(10-19)15-26/h3-4,12,18-21,27H,5-11,13-17H2,1-2H3. The Morgan fingerprint density at radius 3 is 2.24 bits per heavy atom. The van der Waals surface area contributed by atoms with E-state index in [1.807, 2.05) is 12.1 Å². The summed E-state index contributed by atoms with van der Waals surface area (Å²) in [6.45, 7) is 7.87. The molecule has 5 aliphatic rings. The van der Waals surface area contributed by atoms with Crippen molar-refractivity contribution in [1.82, 2.24) is 4.90 Å². The van der Waals surface area contributed by atoms with Gasteiger partial charge in [-0.05, 0) is 79.7 Å². The van der Waals surface area contributed by atoms with Gasteiger partial charge in [-0.25, -0.2) is 0 Å². The summed E-state index contributed by atoms with van der Waals surface area (Å²) in [5.41, 5.74) is 1.97. The largest absolute Gasteiger partial charge is 0.379 e. The topological polar surface area (TPSA) is 78.7 Å². The van der Waals surface area contributed by atoms with Gasteiger partial charge >= 0.3 is 0 Å². The summed E-state index contributed by atoms with van der Waals surface area (Å²) in [5.74, 6) is 3.38.